The molecule has 0 saturated carbocycles. The number of aromatic amines is 2. The number of aromatic nitrogens is 6. The minimum atomic E-state index is -0.732. The van der Waals surface area contributed by atoms with Gasteiger partial charge in [-0.05, 0) is 36.5 Å². The number of hydrogen-bond acceptors (Lipinski definition) is 6. The number of aryl methyl sites for hydroxylation is 1. The maximum atomic E-state index is 13.1. The highest BCUT2D eigenvalue weighted by atomic mass is 16.5. The number of H-pyrrole nitrogens is 2. The van der Waals surface area contributed by atoms with Crippen molar-refractivity contribution in [3.8, 4) is 11.3 Å². The molecule has 6 rings (SSSR count). The zero-order chi connectivity index (χ0) is 24.7. The summed E-state index contributed by atoms with van der Waals surface area (Å²) >= 11 is 0. The third-order valence-corrected chi connectivity index (χ3v) is 7.29. The lowest BCUT2D eigenvalue weighted by atomic mass is 9.86. The largest absolute Gasteiger partial charge is 0.444 e. The van der Waals surface area contributed by atoms with Crippen molar-refractivity contribution < 1.29 is 14.3 Å². The van der Waals surface area contributed by atoms with Gasteiger partial charge in [-0.25, -0.2) is 9.97 Å². The molecule has 1 atom stereocenters. The van der Waals surface area contributed by atoms with Crippen molar-refractivity contribution >= 4 is 27.9 Å². The van der Waals surface area contributed by atoms with Gasteiger partial charge >= 0.3 is 5.97 Å². The number of carbonyl (C=O) groups excluding carboxylic acids is 1. The number of esters is 1. The Morgan fingerprint density at radius 3 is 2.94 bits per heavy atom. The van der Waals surface area contributed by atoms with Crippen molar-refractivity contribution in [3.05, 3.63) is 66.0 Å². The van der Waals surface area contributed by atoms with Gasteiger partial charge in [-0.1, -0.05) is 32.0 Å². The molecule has 0 saturated heterocycles. The lowest BCUT2D eigenvalue weighted by Crippen LogP contribution is -2.37. The number of para-hydroxylation sites is 1. The van der Waals surface area contributed by atoms with E-state index in [9.17, 15) is 4.79 Å². The first kappa shape index (κ1) is 22.5. The van der Waals surface area contributed by atoms with Crippen LogP contribution in [0.4, 0.5) is 0 Å². The van der Waals surface area contributed by atoms with Gasteiger partial charge < -0.3 is 14.5 Å². The highest BCUT2D eigenvalue weighted by Gasteiger charge is 2.41. The predicted molar refractivity (Wildman–Crippen MR) is 135 cm³/mol. The van der Waals surface area contributed by atoms with Crippen LogP contribution in [0.3, 0.4) is 0 Å². The fourth-order valence-corrected chi connectivity index (χ4v) is 5.39. The van der Waals surface area contributed by atoms with Crippen LogP contribution in [0, 0.1) is 0 Å². The third kappa shape index (κ3) is 3.58. The van der Waals surface area contributed by atoms with Gasteiger partial charge in [0.1, 0.15) is 17.6 Å². The molecule has 0 bridgehead atoms. The lowest BCUT2D eigenvalue weighted by Gasteiger charge is -2.36. The number of fused-ring (bicyclic) bond motifs is 4. The second-order valence-corrected chi connectivity index (χ2v) is 9.17. The molecule has 9 nitrogen and oxygen atoms in total. The zero-order valence-corrected chi connectivity index (χ0v) is 20.4. The van der Waals surface area contributed by atoms with Crippen molar-refractivity contribution in [2.24, 2.45) is 0 Å². The summed E-state index contributed by atoms with van der Waals surface area (Å²) in [6, 6.07) is 8.33. The molecule has 1 aromatic carbocycles. The molecule has 1 unspecified atom stereocenters. The quantitative estimate of drug-likeness (QED) is 0.326. The molecule has 2 N–H and O–H groups in total. The van der Waals surface area contributed by atoms with E-state index in [1.165, 1.54) is 22.8 Å². The second kappa shape index (κ2) is 8.91. The van der Waals surface area contributed by atoms with E-state index in [1.54, 1.807) is 17.0 Å². The van der Waals surface area contributed by atoms with Gasteiger partial charge in [-0.15, -0.1) is 0 Å². The summed E-state index contributed by atoms with van der Waals surface area (Å²) in [7, 11) is 0. The van der Waals surface area contributed by atoms with Crippen LogP contribution in [0.1, 0.15) is 43.5 Å². The SMILES string of the molecule is CCc1cccc2c3c([nH]c12)C(CC)(CC(=O)OCn1ccc2c(-c4cn[nH]c4)ncnc21)OCC3. The summed E-state index contributed by atoms with van der Waals surface area (Å²) in [5.41, 5.74) is 6.28. The zero-order valence-electron chi connectivity index (χ0n) is 20.4. The second-order valence-electron chi connectivity index (χ2n) is 9.17. The van der Waals surface area contributed by atoms with Gasteiger partial charge in [0.2, 0.25) is 0 Å². The minimum Gasteiger partial charge on any atom is -0.444 e. The third-order valence-electron chi connectivity index (χ3n) is 7.29. The van der Waals surface area contributed by atoms with Crippen LogP contribution in [0.2, 0.25) is 0 Å². The summed E-state index contributed by atoms with van der Waals surface area (Å²) in [6.45, 7) is 4.85. The first-order valence-electron chi connectivity index (χ1n) is 12.3. The number of carbonyl (C=O) groups is 1. The molecule has 0 fully saturated rings. The maximum absolute atomic E-state index is 13.1. The van der Waals surface area contributed by atoms with Crippen molar-refractivity contribution in [2.45, 2.75) is 51.9 Å². The van der Waals surface area contributed by atoms with Gasteiger partial charge in [0, 0.05) is 34.2 Å². The Morgan fingerprint density at radius 2 is 2.14 bits per heavy atom. The van der Waals surface area contributed by atoms with Crippen LogP contribution in [0.5, 0.6) is 0 Å². The van der Waals surface area contributed by atoms with Crippen LogP contribution < -0.4 is 0 Å². The van der Waals surface area contributed by atoms with Gasteiger partial charge in [0.05, 0.1) is 30.6 Å². The van der Waals surface area contributed by atoms with Crippen LogP contribution in [-0.2, 0) is 39.4 Å². The smallest absolute Gasteiger partial charge is 0.310 e. The molecule has 5 heterocycles. The highest BCUT2D eigenvalue weighted by molar-refractivity contribution is 5.90. The van der Waals surface area contributed by atoms with E-state index in [2.05, 4.69) is 57.2 Å². The Labute approximate surface area is 207 Å². The Bertz CT molecular complexity index is 1550. The molecule has 0 aliphatic carbocycles. The van der Waals surface area contributed by atoms with Crippen LogP contribution in [0.15, 0.2) is 49.2 Å². The number of hydrogen-bond donors (Lipinski definition) is 2. The molecule has 0 spiro atoms. The fraction of sp³-hybridized carbons (Fsp3) is 0.333. The molecule has 184 valence electrons. The summed E-state index contributed by atoms with van der Waals surface area (Å²) in [5.74, 6) is -0.315. The molecule has 0 radical (unpaired) electrons. The number of ether oxygens (including phenoxy) is 2. The first-order valence-corrected chi connectivity index (χ1v) is 12.3. The average molecular weight is 485 g/mol. The minimum absolute atomic E-state index is 0.0590. The van der Waals surface area contributed by atoms with E-state index in [-0.39, 0.29) is 19.1 Å². The van der Waals surface area contributed by atoms with E-state index in [1.807, 2.05) is 12.3 Å². The monoisotopic (exact) mass is 484 g/mol. The molecule has 1 aliphatic heterocycles. The van der Waals surface area contributed by atoms with Crippen molar-refractivity contribution in [3.63, 3.8) is 0 Å². The van der Waals surface area contributed by atoms with E-state index in [4.69, 9.17) is 9.47 Å². The lowest BCUT2D eigenvalue weighted by molar-refractivity contribution is -0.158. The predicted octanol–water partition coefficient (Wildman–Crippen LogP) is 4.63. The molecule has 9 heteroatoms. The summed E-state index contributed by atoms with van der Waals surface area (Å²) in [6.07, 6.45) is 9.43. The fourth-order valence-electron chi connectivity index (χ4n) is 5.39. The highest BCUT2D eigenvalue weighted by Crippen LogP contribution is 2.42. The number of nitrogens with one attached hydrogen (secondary N) is 2. The van der Waals surface area contributed by atoms with Crippen LogP contribution in [-0.4, -0.2) is 42.3 Å². The maximum Gasteiger partial charge on any atom is 0.310 e. The molecule has 4 aromatic heterocycles. The molecule has 0 amide bonds. The van der Waals surface area contributed by atoms with E-state index in [0.717, 1.165) is 40.7 Å². The Kier molecular flexibility index (Phi) is 5.56. The van der Waals surface area contributed by atoms with E-state index >= 15 is 0 Å². The first-order chi connectivity index (χ1) is 17.6. The Balaban J connectivity index is 1.25. The summed E-state index contributed by atoms with van der Waals surface area (Å²) in [4.78, 5) is 25.6. The number of rotatable bonds is 7. The Morgan fingerprint density at radius 1 is 1.22 bits per heavy atom. The van der Waals surface area contributed by atoms with Crippen molar-refractivity contribution in [1.82, 2.24) is 29.7 Å². The van der Waals surface area contributed by atoms with Crippen LogP contribution >= 0.6 is 0 Å². The van der Waals surface area contributed by atoms with Gasteiger partial charge in [-0.2, -0.15) is 5.10 Å². The van der Waals surface area contributed by atoms with E-state index < -0.39 is 5.60 Å². The molecule has 1 aliphatic rings. The van der Waals surface area contributed by atoms with Crippen LogP contribution in [0.25, 0.3) is 33.2 Å². The van der Waals surface area contributed by atoms with Gasteiger partial charge in [0.25, 0.3) is 0 Å². The summed E-state index contributed by atoms with van der Waals surface area (Å²) < 4.78 is 13.9. The molecular weight excluding hydrogens is 456 g/mol. The normalized spacial score (nSPS) is 17.5. The molecule has 36 heavy (non-hydrogen) atoms. The summed E-state index contributed by atoms with van der Waals surface area (Å²) in [5, 5.41) is 8.91. The molecule has 5 aromatic rings. The topological polar surface area (TPSA) is 111 Å². The molecular formula is C27H28N6O3. The van der Waals surface area contributed by atoms with Gasteiger partial charge in [-0.3, -0.25) is 14.5 Å². The van der Waals surface area contributed by atoms with Crippen molar-refractivity contribution in [2.75, 3.05) is 6.61 Å². The Hall–Kier alpha value is -3.98. The van der Waals surface area contributed by atoms with Crippen molar-refractivity contribution in [1.29, 1.82) is 0 Å². The number of nitrogens with zero attached hydrogens (tertiary/aromatic N) is 4. The van der Waals surface area contributed by atoms with E-state index in [0.29, 0.717) is 18.7 Å². The van der Waals surface area contributed by atoms with Gasteiger partial charge in [0.15, 0.2) is 6.73 Å². The standard InChI is InChI=1S/C27H28N6O3/c1-3-17-6-5-7-19-20-9-11-36-27(4-2,25(20)32-24(17)19)12-22(34)35-16-33-10-8-21-23(18-13-30-31-14-18)28-15-29-26(21)33/h5-8,10,13-15,32H,3-4,9,11-12,16H2,1-2H3,(H,30,31). The average Bonchev–Trinajstić information content (AvgIpc) is 3.66. The number of benzene rings is 1.